The van der Waals surface area contributed by atoms with E-state index in [2.05, 4.69) is 29.7 Å². The highest BCUT2D eigenvalue weighted by atomic mass is 32.2. The average molecular weight is 437 g/mol. The molecule has 6 heteroatoms. The summed E-state index contributed by atoms with van der Waals surface area (Å²) in [5.74, 6) is 0.672. The fourth-order valence-corrected chi connectivity index (χ4v) is 5.51. The molecule has 4 rings (SSSR count). The predicted octanol–water partition coefficient (Wildman–Crippen LogP) is 4.77. The first-order valence-electron chi connectivity index (χ1n) is 10.3. The van der Waals surface area contributed by atoms with E-state index in [4.69, 9.17) is 4.74 Å². The summed E-state index contributed by atoms with van der Waals surface area (Å²) in [4.78, 5) is 6.19. The Balaban J connectivity index is 1.61. The lowest BCUT2D eigenvalue weighted by molar-refractivity contribution is 0.321. The van der Waals surface area contributed by atoms with Gasteiger partial charge in [-0.2, -0.15) is 0 Å². The average Bonchev–Trinajstić information content (AvgIpc) is 2.77. The van der Waals surface area contributed by atoms with Crippen LogP contribution >= 0.6 is 0 Å². The molecular formula is C25H28N2O3S. The number of phenolic OH excluding ortho intramolecular Hbond substituents is 1. The summed E-state index contributed by atoms with van der Waals surface area (Å²) in [6.45, 7) is 6.31. The number of hydrogen-bond donors (Lipinski definition) is 1. The minimum Gasteiger partial charge on any atom is -0.504 e. The zero-order valence-electron chi connectivity index (χ0n) is 18.4. The molecule has 5 nitrogen and oxygen atoms in total. The summed E-state index contributed by atoms with van der Waals surface area (Å²) >= 11 is 0. The first-order chi connectivity index (χ1) is 14.9. The summed E-state index contributed by atoms with van der Waals surface area (Å²) < 4.78 is 18.5. The van der Waals surface area contributed by atoms with Gasteiger partial charge in [-0.3, -0.25) is 0 Å². The highest BCUT2D eigenvalue weighted by molar-refractivity contribution is 7.85. The molecule has 0 amide bonds. The first-order valence-corrected chi connectivity index (χ1v) is 11.5. The van der Waals surface area contributed by atoms with Crippen LogP contribution in [-0.4, -0.2) is 41.5 Å². The Labute approximate surface area is 186 Å². The molecule has 0 saturated carbocycles. The summed E-state index contributed by atoms with van der Waals surface area (Å²) in [6.07, 6.45) is 0. The van der Waals surface area contributed by atoms with Gasteiger partial charge in [0.25, 0.3) is 0 Å². The fourth-order valence-electron chi connectivity index (χ4n) is 4.07. The molecule has 0 aromatic heterocycles. The van der Waals surface area contributed by atoms with Gasteiger partial charge in [0.05, 0.1) is 39.1 Å². The Morgan fingerprint density at radius 1 is 1.03 bits per heavy atom. The Bertz CT molecular complexity index is 1150. The smallest absolute Gasteiger partial charge is 0.162 e. The van der Waals surface area contributed by atoms with Crippen molar-refractivity contribution in [3.05, 3.63) is 71.3 Å². The number of ether oxygens (including phenoxy) is 1. The standard InChI is InChI=1S/C25H28N2O3S/c1-17-12-13-23-24(18(17)2)27(20-9-5-6-11-22(20)31(23)29)15-14-26(3)16-19-8-7-10-21(30-4)25(19)28/h5-13,28H,14-16H2,1-4H3. The highest BCUT2D eigenvalue weighted by Gasteiger charge is 2.29. The van der Waals surface area contributed by atoms with Gasteiger partial charge in [0.2, 0.25) is 0 Å². The van der Waals surface area contributed by atoms with Gasteiger partial charge in [-0.1, -0.05) is 30.3 Å². The van der Waals surface area contributed by atoms with Crippen molar-refractivity contribution in [1.82, 2.24) is 4.90 Å². The predicted molar refractivity (Wildman–Crippen MR) is 125 cm³/mol. The third-order valence-electron chi connectivity index (χ3n) is 5.94. The molecule has 1 atom stereocenters. The number of nitrogens with zero attached hydrogens (tertiary/aromatic N) is 2. The topological polar surface area (TPSA) is 53.0 Å². The van der Waals surface area contributed by atoms with Gasteiger partial charge < -0.3 is 19.6 Å². The van der Waals surface area contributed by atoms with Crippen LogP contribution < -0.4 is 9.64 Å². The maximum absolute atomic E-state index is 13.2. The lowest BCUT2D eigenvalue weighted by atomic mass is 10.1. The van der Waals surface area contributed by atoms with Crippen LogP contribution in [0.5, 0.6) is 11.5 Å². The van der Waals surface area contributed by atoms with Crippen molar-refractivity contribution in [1.29, 1.82) is 0 Å². The Hall–Kier alpha value is -2.83. The molecule has 1 heterocycles. The Morgan fingerprint density at radius 3 is 2.58 bits per heavy atom. The van der Waals surface area contributed by atoms with E-state index >= 15 is 0 Å². The number of likely N-dealkylation sites (N-methyl/N-ethyl adjacent to an activating group) is 1. The van der Waals surface area contributed by atoms with Crippen molar-refractivity contribution in [2.75, 3.05) is 32.1 Å². The van der Waals surface area contributed by atoms with Gasteiger partial charge in [-0.15, -0.1) is 0 Å². The van der Waals surface area contributed by atoms with Crippen molar-refractivity contribution in [3.63, 3.8) is 0 Å². The molecule has 1 N–H and O–H groups in total. The second kappa shape index (κ2) is 8.73. The van der Waals surface area contributed by atoms with Crippen LogP contribution in [0.25, 0.3) is 0 Å². The van der Waals surface area contributed by atoms with E-state index in [0.29, 0.717) is 12.3 Å². The number of rotatable bonds is 6. The first kappa shape index (κ1) is 21.4. The van der Waals surface area contributed by atoms with Crippen LogP contribution in [0.15, 0.2) is 64.4 Å². The third kappa shape index (κ3) is 3.93. The number of methoxy groups -OCH3 is 1. The van der Waals surface area contributed by atoms with E-state index in [1.165, 1.54) is 5.56 Å². The van der Waals surface area contributed by atoms with E-state index in [9.17, 15) is 9.32 Å². The number of fused-ring (bicyclic) bond motifs is 2. The molecule has 162 valence electrons. The molecule has 0 saturated heterocycles. The number of aromatic hydroxyl groups is 1. The van der Waals surface area contributed by atoms with E-state index in [1.54, 1.807) is 13.2 Å². The molecular weight excluding hydrogens is 408 g/mol. The molecule has 0 fully saturated rings. The van der Waals surface area contributed by atoms with Crippen molar-refractivity contribution in [2.45, 2.75) is 30.2 Å². The van der Waals surface area contributed by atoms with Gasteiger partial charge in [0.15, 0.2) is 11.5 Å². The maximum Gasteiger partial charge on any atom is 0.162 e. The Morgan fingerprint density at radius 2 is 1.81 bits per heavy atom. The fraction of sp³-hybridized carbons (Fsp3) is 0.280. The molecule has 31 heavy (non-hydrogen) atoms. The van der Waals surface area contributed by atoms with Crippen LogP contribution in [0.3, 0.4) is 0 Å². The summed E-state index contributed by atoms with van der Waals surface area (Å²) in [6, 6.07) is 17.5. The maximum atomic E-state index is 13.2. The number of aryl methyl sites for hydroxylation is 1. The van der Waals surface area contributed by atoms with E-state index in [-0.39, 0.29) is 5.75 Å². The minimum absolute atomic E-state index is 0.187. The van der Waals surface area contributed by atoms with Crippen molar-refractivity contribution >= 4 is 22.2 Å². The monoisotopic (exact) mass is 436 g/mol. The van der Waals surface area contributed by atoms with Gasteiger partial charge in [-0.05, 0) is 56.3 Å². The Kier molecular flexibility index (Phi) is 6.03. The van der Waals surface area contributed by atoms with Crippen LogP contribution in [0, 0.1) is 13.8 Å². The van der Waals surface area contributed by atoms with Gasteiger partial charge >= 0.3 is 0 Å². The normalized spacial score (nSPS) is 15.0. The summed E-state index contributed by atoms with van der Waals surface area (Å²) in [5.41, 5.74) is 5.23. The SMILES string of the molecule is COc1cccc(CN(C)CCN2c3ccccc3S(=O)c3ccc(C)c(C)c32)c1O. The third-order valence-corrected chi connectivity index (χ3v) is 7.41. The molecule has 1 unspecified atom stereocenters. The number of anilines is 2. The number of benzene rings is 3. The molecule has 0 aliphatic carbocycles. The van der Waals surface area contributed by atoms with E-state index < -0.39 is 10.8 Å². The van der Waals surface area contributed by atoms with Gasteiger partial charge in [0.1, 0.15) is 0 Å². The molecule has 0 radical (unpaired) electrons. The molecule has 1 aliphatic rings. The zero-order chi connectivity index (χ0) is 22.1. The van der Waals surface area contributed by atoms with Crippen LogP contribution in [-0.2, 0) is 17.3 Å². The van der Waals surface area contributed by atoms with Gasteiger partial charge in [0, 0.05) is 25.2 Å². The minimum atomic E-state index is -1.18. The van der Waals surface area contributed by atoms with Crippen LogP contribution in [0.1, 0.15) is 16.7 Å². The molecule has 0 bridgehead atoms. The highest BCUT2D eigenvalue weighted by Crippen LogP contribution is 2.44. The molecule has 3 aromatic carbocycles. The van der Waals surface area contributed by atoms with E-state index in [1.807, 2.05) is 49.5 Å². The molecule has 1 aliphatic heterocycles. The largest absolute Gasteiger partial charge is 0.504 e. The second-order valence-corrected chi connectivity index (χ2v) is 9.37. The summed E-state index contributed by atoms with van der Waals surface area (Å²) in [5, 5.41) is 10.4. The van der Waals surface area contributed by atoms with Crippen molar-refractivity contribution in [2.24, 2.45) is 0 Å². The summed E-state index contributed by atoms with van der Waals surface area (Å²) in [7, 11) is 2.41. The second-order valence-electron chi connectivity index (χ2n) is 7.95. The van der Waals surface area contributed by atoms with Crippen LogP contribution in [0.4, 0.5) is 11.4 Å². The van der Waals surface area contributed by atoms with E-state index in [0.717, 1.165) is 45.4 Å². The quantitative estimate of drug-likeness (QED) is 0.603. The van der Waals surface area contributed by atoms with Gasteiger partial charge in [-0.25, -0.2) is 4.21 Å². The van der Waals surface area contributed by atoms with Crippen molar-refractivity contribution < 1.29 is 14.1 Å². The van der Waals surface area contributed by atoms with Crippen molar-refractivity contribution in [3.8, 4) is 11.5 Å². The molecule has 3 aromatic rings. The van der Waals surface area contributed by atoms with Crippen LogP contribution in [0.2, 0.25) is 0 Å². The lowest BCUT2D eigenvalue weighted by Crippen LogP contribution is -2.33. The number of phenols is 1. The zero-order valence-corrected chi connectivity index (χ0v) is 19.2. The molecule has 0 spiro atoms. The number of para-hydroxylation sites is 2. The number of hydrogen-bond acceptors (Lipinski definition) is 5. The lowest BCUT2D eigenvalue weighted by Gasteiger charge is -2.35.